The summed E-state index contributed by atoms with van der Waals surface area (Å²) in [5.41, 5.74) is -1.20. The molecule has 0 radical (unpaired) electrons. The third-order valence-electron chi connectivity index (χ3n) is 10.1. The average Bonchev–Trinajstić information content (AvgIpc) is 3.66. The van der Waals surface area contributed by atoms with E-state index in [4.69, 9.17) is 9.47 Å². The van der Waals surface area contributed by atoms with Gasteiger partial charge in [-0.3, -0.25) is 19.3 Å². The molecule has 4 fully saturated rings. The van der Waals surface area contributed by atoms with Crippen LogP contribution in [0.4, 0.5) is 5.69 Å². The third kappa shape index (κ3) is 5.73. The molecule has 240 valence electrons. The Balaban J connectivity index is 1.51. The predicted molar refractivity (Wildman–Crippen MR) is 168 cm³/mol. The van der Waals surface area contributed by atoms with Gasteiger partial charge in [0.1, 0.15) is 11.6 Å². The van der Waals surface area contributed by atoms with Gasteiger partial charge < -0.3 is 29.3 Å². The fourth-order valence-electron chi connectivity index (χ4n) is 7.94. The number of hydrogen-bond donors (Lipinski definition) is 1. The molecule has 1 N–H and O–H groups in total. The van der Waals surface area contributed by atoms with Crippen molar-refractivity contribution in [2.45, 2.75) is 56.3 Å². The summed E-state index contributed by atoms with van der Waals surface area (Å²) in [5, 5.41) is 9.51. The Kier molecular flexibility index (Phi) is 10.2. The van der Waals surface area contributed by atoms with Gasteiger partial charge >= 0.3 is 0 Å². The molecule has 4 heterocycles. The molecule has 4 aliphatic rings. The van der Waals surface area contributed by atoms with Crippen molar-refractivity contribution in [1.82, 2.24) is 14.7 Å². The molecular formula is C34H48N4O6. The first-order valence-electron chi connectivity index (χ1n) is 16.2. The summed E-state index contributed by atoms with van der Waals surface area (Å²) in [6.45, 7) is 14.9. The predicted octanol–water partition coefficient (Wildman–Crippen LogP) is 2.48. The van der Waals surface area contributed by atoms with E-state index < -0.39 is 29.1 Å². The van der Waals surface area contributed by atoms with E-state index in [2.05, 4.69) is 18.1 Å². The highest BCUT2D eigenvalue weighted by molar-refractivity contribution is 6.03. The molecule has 3 amide bonds. The molecule has 10 heteroatoms. The lowest BCUT2D eigenvalue weighted by Crippen LogP contribution is -2.57. The number of rotatable bonds is 15. The number of unbranched alkanes of at least 4 members (excludes halogenated alkanes) is 1. The zero-order valence-electron chi connectivity index (χ0n) is 26.1. The molecular weight excluding hydrogens is 560 g/mol. The number of ether oxygens (including phenoxy) is 2. The Labute approximate surface area is 261 Å². The van der Waals surface area contributed by atoms with Crippen LogP contribution in [0, 0.1) is 11.8 Å². The van der Waals surface area contributed by atoms with Crippen LogP contribution >= 0.6 is 0 Å². The number of benzene rings is 1. The first kappa shape index (κ1) is 32.3. The molecule has 5 atom stereocenters. The van der Waals surface area contributed by atoms with Crippen LogP contribution in [0.1, 0.15) is 39.0 Å². The second-order valence-corrected chi connectivity index (χ2v) is 12.4. The maximum Gasteiger partial charge on any atom is 0.248 e. The van der Waals surface area contributed by atoms with Crippen LogP contribution in [-0.2, 0) is 23.9 Å². The van der Waals surface area contributed by atoms with Gasteiger partial charge in [0, 0.05) is 58.1 Å². The van der Waals surface area contributed by atoms with Crippen molar-refractivity contribution >= 4 is 23.4 Å². The number of fused-ring (bicyclic) bond motifs is 1. The van der Waals surface area contributed by atoms with Crippen LogP contribution in [0.5, 0.6) is 0 Å². The van der Waals surface area contributed by atoms with Crippen molar-refractivity contribution in [3.05, 3.63) is 55.6 Å². The van der Waals surface area contributed by atoms with Crippen molar-refractivity contribution in [1.29, 1.82) is 0 Å². The van der Waals surface area contributed by atoms with Gasteiger partial charge in [-0.25, -0.2) is 0 Å². The Morgan fingerprint density at radius 1 is 1.05 bits per heavy atom. The van der Waals surface area contributed by atoms with E-state index >= 15 is 0 Å². The zero-order chi connectivity index (χ0) is 31.3. The quantitative estimate of drug-likeness (QED) is 0.241. The molecule has 4 saturated heterocycles. The van der Waals surface area contributed by atoms with Crippen LogP contribution in [0.15, 0.2) is 55.6 Å². The van der Waals surface area contributed by atoms with Gasteiger partial charge in [0.2, 0.25) is 17.7 Å². The van der Waals surface area contributed by atoms with Crippen LogP contribution in [0.2, 0.25) is 0 Å². The van der Waals surface area contributed by atoms with Crippen molar-refractivity contribution in [3.63, 3.8) is 0 Å². The number of hydrogen-bond acceptors (Lipinski definition) is 7. The minimum atomic E-state index is -1.10. The van der Waals surface area contributed by atoms with E-state index in [1.165, 1.54) is 0 Å². The maximum atomic E-state index is 14.7. The molecule has 2 bridgehead atoms. The van der Waals surface area contributed by atoms with Crippen molar-refractivity contribution in [2.75, 3.05) is 70.5 Å². The molecule has 0 aromatic heterocycles. The van der Waals surface area contributed by atoms with Crippen LogP contribution in [-0.4, -0.2) is 120 Å². The van der Waals surface area contributed by atoms with E-state index in [1.54, 1.807) is 26.9 Å². The third-order valence-corrected chi connectivity index (χ3v) is 10.1. The van der Waals surface area contributed by atoms with Gasteiger partial charge in [0.05, 0.1) is 30.7 Å². The number of amides is 3. The minimum absolute atomic E-state index is 0.00149. The number of nitrogens with zero attached hydrogens (tertiary/aromatic N) is 4. The molecule has 1 spiro atoms. The maximum absolute atomic E-state index is 14.7. The molecule has 10 nitrogen and oxygen atoms in total. The van der Waals surface area contributed by atoms with E-state index in [-0.39, 0.29) is 24.3 Å². The van der Waals surface area contributed by atoms with Crippen molar-refractivity contribution < 1.29 is 29.0 Å². The lowest BCUT2D eigenvalue weighted by atomic mass is 9.64. The van der Waals surface area contributed by atoms with Crippen LogP contribution < -0.4 is 4.90 Å². The van der Waals surface area contributed by atoms with E-state index in [9.17, 15) is 19.5 Å². The second kappa shape index (κ2) is 13.9. The fourth-order valence-corrected chi connectivity index (χ4v) is 7.94. The SMILES string of the molecule is C=CCN(CCN1CCOCC1)C(=O)C1N(CCCCO)C(=O)[C@@H]2[C@H](C(=O)N(CC=C)c3ccccc3)[C@]3(CC)CCC12O3. The first-order chi connectivity index (χ1) is 21.4. The van der Waals surface area contributed by atoms with Gasteiger partial charge in [-0.2, -0.15) is 0 Å². The van der Waals surface area contributed by atoms with Gasteiger partial charge in [-0.05, 0) is 44.2 Å². The Hall–Kier alpha value is -3.05. The summed E-state index contributed by atoms with van der Waals surface area (Å²) >= 11 is 0. The first-order valence-corrected chi connectivity index (χ1v) is 16.2. The summed E-state index contributed by atoms with van der Waals surface area (Å²) in [5.74, 6) is -2.03. The fraction of sp³-hybridized carbons (Fsp3) is 0.618. The highest BCUT2D eigenvalue weighted by Crippen LogP contribution is 2.64. The van der Waals surface area contributed by atoms with Crippen LogP contribution in [0.3, 0.4) is 0 Å². The summed E-state index contributed by atoms with van der Waals surface area (Å²) in [7, 11) is 0. The topological polar surface area (TPSA) is 103 Å². The normalized spacial score (nSPS) is 29.5. The highest BCUT2D eigenvalue weighted by Gasteiger charge is 2.79. The molecule has 2 unspecified atom stereocenters. The lowest BCUT2D eigenvalue weighted by Gasteiger charge is -2.37. The summed E-state index contributed by atoms with van der Waals surface area (Å²) < 4.78 is 12.5. The number of aliphatic hydroxyl groups excluding tert-OH is 1. The van der Waals surface area contributed by atoms with Gasteiger partial charge in [0.15, 0.2) is 0 Å². The van der Waals surface area contributed by atoms with E-state index in [0.29, 0.717) is 78.0 Å². The molecule has 4 aliphatic heterocycles. The zero-order valence-corrected chi connectivity index (χ0v) is 26.1. The van der Waals surface area contributed by atoms with E-state index in [1.807, 2.05) is 37.3 Å². The summed E-state index contributed by atoms with van der Waals surface area (Å²) in [6, 6.07) is 8.59. The molecule has 0 saturated carbocycles. The molecule has 1 aromatic rings. The summed E-state index contributed by atoms with van der Waals surface area (Å²) in [4.78, 5) is 51.2. The molecule has 0 aliphatic carbocycles. The number of morpholine rings is 1. The Morgan fingerprint density at radius 2 is 1.77 bits per heavy atom. The smallest absolute Gasteiger partial charge is 0.248 e. The number of carbonyl (C=O) groups excluding carboxylic acids is 3. The largest absolute Gasteiger partial charge is 0.396 e. The molecule has 5 rings (SSSR count). The van der Waals surface area contributed by atoms with Crippen molar-refractivity contribution in [2.24, 2.45) is 11.8 Å². The second-order valence-electron chi connectivity index (χ2n) is 12.4. The number of aliphatic hydroxyl groups is 1. The Morgan fingerprint density at radius 3 is 2.43 bits per heavy atom. The number of likely N-dealkylation sites (tertiary alicyclic amines) is 1. The number of anilines is 1. The minimum Gasteiger partial charge on any atom is -0.396 e. The summed E-state index contributed by atoms with van der Waals surface area (Å²) in [6.07, 6.45) is 6.17. The van der Waals surface area contributed by atoms with Gasteiger partial charge in [0.25, 0.3) is 0 Å². The standard InChI is InChI=1S/C34H48N4O6/c1-4-16-36(20-19-35-21-24-43-25-22-35)32(42)29-34-15-14-33(6-3,44-34)27(28(34)31(41)38(29)18-10-11-23-39)30(40)37(17-5-2)26-12-8-7-9-13-26/h4-5,7-9,12-13,27-29,39H,1-2,6,10-11,14-25H2,3H3/t27-,28+,29?,33+,34?/m1/s1. The highest BCUT2D eigenvalue weighted by atomic mass is 16.5. The van der Waals surface area contributed by atoms with Gasteiger partial charge in [-0.1, -0.05) is 37.3 Å². The Bertz CT molecular complexity index is 1210. The van der Waals surface area contributed by atoms with Crippen molar-refractivity contribution in [3.8, 4) is 0 Å². The average molecular weight is 609 g/mol. The molecule has 1 aromatic carbocycles. The van der Waals surface area contributed by atoms with E-state index in [0.717, 1.165) is 18.8 Å². The number of carbonyl (C=O) groups is 3. The lowest BCUT2D eigenvalue weighted by molar-refractivity contribution is -0.152. The van der Waals surface area contributed by atoms with Gasteiger partial charge in [-0.15, -0.1) is 13.2 Å². The van der Waals surface area contributed by atoms with Crippen LogP contribution in [0.25, 0.3) is 0 Å². The number of para-hydroxylation sites is 1. The monoisotopic (exact) mass is 608 g/mol. The molecule has 44 heavy (non-hydrogen) atoms.